The molecule has 0 fully saturated rings. The average Bonchev–Trinajstić information content (AvgIpc) is 3.87. The largest absolute Gasteiger partial charge is 0.455 e. The first kappa shape index (κ1) is 34.2. The van der Waals surface area contributed by atoms with Crippen LogP contribution in [0.3, 0.4) is 0 Å². The van der Waals surface area contributed by atoms with Gasteiger partial charge >= 0.3 is 0 Å². The minimum Gasteiger partial charge on any atom is -0.455 e. The first-order valence-electron chi connectivity index (χ1n) is 20.5. The van der Waals surface area contributed by atoms with Crippen molar-refractivity contribution in [3.63, 3.8) is 0 Å². The van der Waals surface area contributed by atoms with E-state index in [1.54, 1.807) is 0 Å². The highest BCUT2D eigenvalue weighted by Gasteiger charge is 2.46. The molecule has 9 aromatic carbocycles. The minimum atomic E-state index is -0.542. The average molecular weight is 765 g/mol. The Morgan fingerprint density at radius 3 is 1.68 bits per heavy atom. The van der Waals surface area contributed by atoms with Crippen molar-refractivity contribution in [1.29, 1.82) is 0 Å². The normalized spacial score (nSPS) is 12.8. The van der Waals surface area contributed by atoms with E-state index < -0.39 is 5.41 Å². The van der Waals surface area contributed by atoms with Crippen LogP contribution in [0.1, 0.15) is 22.3 Å². The second-order valence-electron chi connectivity index (χ2n) is 15.6. The molecule has 0 N–H and O–H groups in total. The summed E-state index contributed by atoms with van der Waals surface area (Å²) in [7, 11) is 0. The van der Waals surface area contributed by atoms with Gasteiger partial charge in [-0.1, -0.05) is 200 Å². The topological polar surface area (TPSA) is 38.9 Å². The minimum absolute atomic E-state index is 0.542. The van der Waals surface area contributed by atoms with Crippen molar-refractivity contribution in [2.75, 3.05) is 0 Å². The molecule has 0 bridgehead atoms. The highest BCUT2D eigenvalue weighted by Crippen LogP contribution is 2.56. The molecule has 60 heavy (non-hydrogen) atoms. The Morgan fingerprint density at radius 1 is 0.350 bits per heavy atom. The lowest BCUT2D eigenvalue weighted by Gasteiger charge is -2.34. The summed E-state index contributed by atoms with van der Waals surface area (Å²) < 4.78 is 7.08. The third-order valence-corrected chi connectivity index (χ3v) is 12.4. The van der Waals surface area contributed by atoms with Crippen molar-refractivity contribution in [3.8, 4) is 56.2 Å². The van der Waals surface area contributed by atoms with Crippen LogP contribution in [0.25, 0.3) is 88.9 Å². The number of nitrogens with zero attached hydrogens (tertiary/aromatic N) is 2. The van der Waals surface area contributed by atoms with Gasteiger partial charge in [0.25, 0.3) is 0 Å². The summed E-state index contributed by atoms with van der Waals surface area (Å²) in [6, 6.07) is 77.8. The van der Waals surface area contributed by atoms with Gasteiger partial charge in [0.2, 0.25) is 0 Å². The zero-order chi connectivity index (χ0) is 39.6. The summed E-state index contributed by atoms with van der Waals surface area (Å²) in [5, 5.41) is 4.44. The molecule has 0 saturated heterocycles. The van der Waals surface area contributed by atoms with E-state index >= 15 is 0 Å². The quantitative estimate of drug-likeness (QED) is 0.169. The first-order valence-corrected chi connectivity index (χ1v) is 20.5. The van der Waals surface area contributed by atoms with Crippen molar-refractivity contribution in [1.82, 2.24) is 9.97 Å². The number of fused-ring (bicyclic) bond motifs is 8. The Balaban J connectivity index is 1.13. The van der Waals surface area contributed by atoms with E-state index in [1.165, 1.54) is 33.4 Å². The van der Waals surface area contributed by atoms with Gasteiger partial charge in [-0.25, -0.2) is 9.97 Å². The predicted molar refractivity (Wildman–Crippen MR) is 246 cm³/mol. The maximum Gasteiger partial charge on any atom is 0.160 e. The third kappa shape index (κ3) is 5.16. The van der Waals surface area contributed by atoms with Crippen LogP contribution in [-0.4, -0.2) is 9.97 Å². The van der Waals surface area contributed by atoms with Crippen LogP contribution in [-0.2, 0) is 5.41 Å². The van der Waals surface area contributed by atoms with Crippen LogP contribution < -0.4 is 0 Å². The molecule has 12 rings (SSSR count). The molecule has 0 atom stereocenters. The van der Waals surface area contributed by atoms with Crippen molar-refractivity contribution in [3.05, 3.63) is 241 Å². The van der Waals surface area contributed by atoms with Gasteiger partial charge in [0.05, 0.1) is 16.8 Å². The van der Waals surface area contributed by atoms with Gasteiger partial charge in [-0.3, -0.25) is 0 Å². The fourth-order valence-corrected chi connectivity index (χ4v) is 9.74. The summed E-state index contributed by atoms with van der Waals surface area (Å²) in [5.41, 5.74) is 15.2. The van der Waals surface area contributed by atoms with Gasteiger partial charge in [0.1, 0.15) is 11.2 Å². The number of aromatic nitrogens is 2. The molecule has 3 nitrogen and oxygen atoms in total. The Morgan fingerprint density at radius 2 is 0.933 bits per heavy atom. The van der Waals surface area contributed by atoms with E-state index in [0.29, 0.717) is 5.82 Å². The van der Waals surface area contributed by atoms with Gasteiger partial charge in [0, 0.05) is 33.0 Å². The standard InChI is InChI=1S/C57H36N2O/c1-5-18-37(19-6-1)44-29-17-30-47-53-43-27-14-13-22-39(43)34-48(55(53)60-54(44)47)52-36-51(38-20-7-2-8-21-38)58-56(59-52)40-32-33-46-45-28-15-16-31-49(45)57(50(46)35-40,41-23-9-3-10-24-41)42-25-11-4-12-26-42/h1-36H. The number of hydrogen-bond donors (Lipinski definition) is 0. The van der Waals surface area contributed by atoms with E-state index in [0.717, 1.165) is 71.9 Å². The maximum atomic E-state index is 7.08. The van der Waals surface area contributed by atoms with Crippen LogP contribution in [0.15, 0.2) is 223 Å². The Kier molecular flexibility index (Phi) is 7.76. The van der Waals surface area contributed by atoms with Crippen LogP contribution in [0.5, 0.6) is 0 Å². The summed E-state index contributed by atoms with van der Waals surface area (Å²) in [5.74, 6) is 0.655. The third-order valence-electron chi connectivity index (χ3n) is 12.4. The summed E-state index contributed by atoms with van der Waals surface area (Å²) >= 11 is 0. The molecule has 11 aromatic rings. The number of rotatable bonds is 6. The van der Waals surface area contributed by atoms with Gasteiger partial charge in [0.15, 0.2) is 5.82 Å². The van der Waals surface area contributed by atoms with Crippen molar-refractivity contribution < 1.29 is 4.42 Å². The lowest BCUT2D eigenvalue weighted by atomic mass is 9.67. The molecule has 280 valence electrons. The van der Waals surface area contributed by atoms with E-state index in [1.807, 2.05) is 12.1 Å². The summed E-state index contributed by atoms with van der Waals surface area (Å²) in [4.78, 5) is 10.9. The number of para-hydroxylation sites is 1. The number of furan rings is 1. The summed E-state index contributed by atoms with van der Waals surface area (Å²) in [6.07, 6.45) is 0. The number of benzene rings is 9. The highest BCUT2D eigenvalue weighted by molar-refractivity contribution is 6.24. The number of hydrogen-bond acceptors (Lipinski definition) is 3. The van der Waals surface area contributed by atoms with Crippen molar-refractivity contribution in [2.24, 2.45) is 0 Å². The molecule has 1 aliphatic rings. The van der Waals surface area contributed by atoms with Gasteiger partial charge < -0.3 is 4.42 Å². The van der Waals surface area contributed by atoms with Gasteiger partial charge in [-0.2, -0.15) is 0 Å². The summed E-state index contributed by atoms with van der Waals surface area (Å²) in [6.45, 7) is 0. The van der Waals surface area contributed by atoms with Crippen LogP contribution in [0, 0.1) is 0 Å². The molecule has 2 aromatic heterocycles. The molecule has 0 spiro atoms. The second kappa shape index (κ2) is 13.6. The van der Waals surface area contributed by atoms with Crippen molar-refractivity contribution >= 4 is 32.7 Å². The van der Waals surface area contributed by atoms with E-state index in [9.17, 15) is 0 Å². The molecule has 0 amide bonds. The molecule has 0 radical (unpaired) electrons. The Bertz CT molecular complexity index is 3370. The Labute approximate surface area is 347 Å². The van der Waals surface area contributed by atoms with Gasteiger partial charge in [-0.05, 0) is 67.9 Å². The second-order valence-corrected chi connectivity index (χ2v) is 15.6. The van der Waals surface area contributed by atoms with Crippen molar-refractivity contribution in [2.45, 2.75) is 5.41 Å². The van der Waals surface area contributed by atoms with E-state index in [2.05, 4.69) is 206 Å². The zero-order valence-electron chi connectivity index (χ0n) is 32.6. The molecule has 0 unspecified atom stereocenters. The first-order chi connectivity index (χ1) is 29.8. The van der Waals surface area contributed by atoms with Crippen LogP contribution in [0.2, 0.25) is 0 Å². The van der Waals surface area contributed by atoms with E-state index in [-0.39, 0.29) is 0 Å². The zero-order valence-corrected chi connectivity index (χ0v) is 32.6. The lowest BCUT2D eigenvalue weighted by Crippen LogP contribution is -2.28. The molecule has 2 heterocycles. The molecule has 3 heteroatoms. The smallest absolute Gasteiger partial charge is 0.160 e. The molecular formula is C57H36N2O. The van der Waals surface area contributed by atoms with Gasteiger partial charge in [-0.15, -0.1) is 0 Å². The highest BCUT2D eigenvalue weighted by atomic mass is 16.3. The van der Waals surface area contributed by atoms with Crippen LogP contribution in [0.4, 0.5) is 0 Å². The molecule has 0 aliphatic heterocycles. The Hall–Kier alpha value is -7.88. The SMILES string of the molecule is c1ccc(-c2cc(-c3cc4ccccc4c4c3oc3c(-c5ccccc5)cccc34)nc(-c3ccc4c(c3)C(c3ccccc3)(c3ccccc3)c3ccccc3-4)n2)cc1. The fourth-order valence-electron chi connectivity index (χ4n) is 9.74. The molecular weight excluding hydrogens is 729 g/mol. The molecule has 0 saturated carbocycles. The molecule has 1 aliphatic carbocycles. The maximum absolute atomic E-state index is 7.08. The fraction of sp³-hybridized carbons (Fsp3) is 0.0175. The lowest BCUT2D eigenvalue weighted by molar-refractivity contribution is 0.671. The monoisotopic (exact) mass is 764 g/mol. The van der Waals surface area contributed by atoms with E-state index in [4.69, 9.17) is 14.4 Å². The van der Waals surface area contributed by atoms with Crippen LogP contribution >= 0.6 is 0 Å². The predicted octanol–water partition coefficient (Wildman–Crippen LogP) is 14.6.